The highest BCUT2D eigenvalue weighted by atomic mass is 31.2. The van der Waals surface area contributed by atoms with Crippen molar-refractivity contribution in [2.24, 2.45) is 0 Å². The van der Waals surface area contributed by atoms with Gasteiger partial charge in [0.1, 0.15) is 6.61 Å². The van der Waals surface area contributed by atoms with Gasteiger partial charge in [0.2, 0.25) is 0 Å². The SMILES string of the molecule is CCCCC/C=C\C/C=C\CCCCCCCC(=O)OC(COC(=O)CCCCCCC/C=C\CCCCCCCC)COP(=O)(O)OCCN(C)C. The molecule has 0 heterocycles. The first-order valence-electron chi connectivity index (χ1n) is 21.3. The number of likely N-dealkylation sites (N-methyl/N-ethyl adjacent to an activating group) is 1. The number of nitrogens with zero attached hydrogens (tertiary/aromatic N) is 1. The predicted octanol–water partition coefficient (Wildman–Crippen LogP) is 12.0. The molecule has 10 heteroatoms. The van der Waals surface area contributed by atoms with Gasteiger partial charge < -0.3 is 19.3 Å². The predicted molar refractivity (Wildman–Crippen MR) is 220 cm³/mol. The Morgan fingerprint density at radius 1 is 0.585 bits per heavy atom. The van der Waals surface area contributed by atoms with Crippen LogP contribution in [0.15, 0.2) is 36.5 Å². The van der Waals surface area contributed by atoms with Crippen LogP contribution in [0, 0.1) is 0 Å². The Bertz CT molecular complexity index is 983. The summed E-state index contributed by atoms with van der Waals surface area (Å²) in [6.45, 7) is 4.26. The van der Waals surface area contributed by atoms with Gasteiger partial charge in [-0.2, -0.15) is 0 Å². The lowest BCUT2D eigenvalue weighted by atomic mass is 10.1. The highest BCUT2D eigenvalue weighted by Crippen LogP contribution is 2.43. The molecular formula is C43H80NO8P. The topological polar surface area (TPSA) is 112 Å². The zero-order valence-electron chi connectivity index (χ0n) is 34.5. The Morgan fingerprint density at radius 2 is 1.02 bits per heavy atom. The van der Waals surface area contributed by atoms with Gasteiger partial charge in [-0.05, 0) is 84.7 Å². The van der Waals surface area contributed by atoms with E-state index in [1.807, 2.05) is 19.0 Å². The van der Waals surface area contributed by atoms with E-state index in [0.29, 0.717) is 13.0 Å². The van der Waals surface area contributed by atoms with E-state index in [4.69, 9.17) is 18.5 Å². The Hall–Kier alpha value is -1.77. The summed E-state index contributed by atoms with van der Waals surface area (Å²) in [5.41, 5.74) is 0. The van der Waals surface area contributed by atoms with Gasteiger partial charge in [-0.15, -0.1) is 0 Å². The van der Waals surface area contributed by atoms with E-state index >= 15 is 0 Å². The largest absolute Gasteiger partial charge is 0.472 e. The molecule has 0 spiro atoms. The van der Waals surface area contributed by atoms with Crippen LogP contribution in [0.4, 0.5) is 0 Å². The lowest BCUT2D eigenvalue weighted by Crippen LogP contribution is -2.29. The van der Waals surface area contributed by atoms with Crippen molar-refractivity contribution in [3.63, 3.8) is 0 Å². The number of phosphoric ester groups is 1. The number of rotatable bonds is 39. The summed E-state index contributed by atoms with van der Waals surface area (Å²) in [6.07, 6.45) is 40.4. The average Bonchev–Trinajstić information content (AvgIpc) is 3.12. The van der Waals surface area contributed by atoms with Gasteiger partial charge >= 0.3 is 19.8 Å². The maximum Gasteiger partial charge on any atom is 0.472 e. The van der Waals surface area contributed by atoms with Crippen molar-refractivity contribution >= 4 is 19.8 Å². The van der Waals surface area contributed by atoms with Gasteiger partial charge in [0.05, 0.1) is 13.2 Å². The van der Waals surface area contributed by atoms with Gasteiger partial charge in [-0.25, -0.2) is 4.57 Å². The molecule has 0 amide bonds. The molecule has 0 aliphatic heterocycles. The monoisotopic (exact) mass is 770 g/mol. The fourth-order valence-corrected chi connectivity index (χ4v) is 6.33. The summed E-state index contributed by atoms with van der Waals surface area (Å²) >= 11 is 0. The maximum absolute atomic E-state index is 12.6. The van der Waals surface area contributed by atoms with Crippen molar-refractivity contribution in [3.8, 4) is 0 Å². The summed E-state index contributed by atoms with van der Waals surface area (Å²) in [7, 11) is -0.722. The van der Waals surface area contributed by atoms with Crippen molar-refractivity contribution in [3.05, 3.63) is 36.5 Å². The van der Waals surface area contributed by atoms with E-state index in [9.17, 15) is 19.0 Å². The Balaban J connectivity index is 4.34. The van der Waals surface area contributed by atoms with Crippen LogP contribution < -0.4 is 0 Å². The number of phosphoric acid groups is 1. The summed E-state index contributed by atoms with van der Waals surface area (Å²) in [5.74, 6) is -0.828. The van der Waals surface area contributed by atoms with E-state index in [-0.39, 0.29) is 32.0 Å². The quantitative estimate of drug-likeness (QED) is 0.0282. The second-order valence-corrected chi connectivity index (χ2v) is 16.0. The Labute approximate surface area is 325 Å². The van der Waals surface area contributed by atoms with Crippen molar-refractivity contribution in [2.45, 2.75) is 187 Å². The first-order chi connectivity index (χ1) is 25.7. The third kappa shape index (κ3) is 39.7. The van der Waals surface area contributed by atoms with Crippen LogP contribution in [0.25, 0.3) is 0 Å². The van der Waals surface area contributed by atoms with E-state index in [1.54, 1.807) is 0 Å². The van der Waals surface area contributed by atoms with Gasteiger partial charge in [0.15, 0.2) is 6.10 Å². The van der Waals surface area contributed by atoms with Crippen LogP contribution in [-0.4, -0.2) is 68.3 Å². The zero-order valence-corrected chi connectivity index (χ0v) is 35.3. The maximum atomic E-state index is 12.6. The summed E-state index contributed by atoms with van der Waals surface area (Å²) in [4.78, 5) is 37.0. The van der Waals surface area contributed by atoms with E-state index in [2.05, 4.69) is 50.3 Å². The number of esters is 2. The van der Waals surface area contributed by atoms with Crippen LogP contribution in [0.3, 0.4) is 0 Å². The zero-order chi connectivity index (χ0) is 39.1. The molecule has 2 unspecified atom stereocenters. The number of hydrogen-bond donors (Lipinski definition) is 1. The Morgan fingerprint density at radius 3 is 1.55 bits per heavy atom. The molecule has 0 aliphatic carbocycles. The second-order valence-electron chi connectivity index (χ2n) is 14.5. The fourth-order valence-electron chi connectivity index (χ4n) is 5.59. The number of ether oxygens (including phenoxy) is 2. The first-order valence-corrected chi connectivity index (χ1v) is 22.8. The smallest absolute Gasteiger partial charge is 0.462 e. The molecule has 0 bridgehead atoms. The third-order valence-electron chi connectivity index (χ3n) is 8.92. The first kappa shape index (κ1) is 51.2. The van der Waals surface area contributed by atoms with E-state index in [1.165, 1.54) is 70.6 Å². The third-order valence-corrected chi connectivity index (χ3v) is 9.90. The minimum atomic E-state index is -4.36. The second kappa shape index (κ2) is 38.5. The average molecular weight is 770 g/mol. The van der Waals surface area contributed by atoms with Gasteiger partial charge in [0, 0.05) is 19.4 Å². The van der Waals surface area contributed by atoms with Gasteiger partial charge in [-0.1, -0.05) is 134 Å². The van der Waals surface area contributed by atoms with Crippen LogP contribution in [0.2, 0.25) is 0 Å². The summed E-state index contributed by atoms with van der Waals surface area (Å²) < 4.78 is 33.4. The van der Waals surface area contributed by atoms with Gasteiger partial charge in [-0.3, -0.25) is 18.6 Å². The molecule has 9 nitrogen and oxygen atoms in total. The van der Waals surface area contributed by atoms with Crippen LogP contribution in [0.5, 0.6) is 0 Å². The van der Waals surface area contributed by atoms with E-state index in [0.717, 1.165) is 77.0 Å². The van der Waals surface area contributed by atoms with Crippen molar-refractivity contribution in [1.82, 2.24) is 4.90 Å². The fraction of sp³-hybridized carbons (Fsp3) is 0.814. The number of allylic oxidation sites excluding steroid dienone is 6. The minimum absolute atomic E-state index is 0.00297. The molecule has 310 valence electrons. The molecule has 1 N–H and O–H groups in total. The van der Waals surface area contributed by atoms with Crippen LogP contribution in [-0.2, 0) is 32.7 Å². The van der Waals surface area contributed by atoms with Crippen LogP contribution >= 0.6 is 7.82 Å². The van der Waals surface area contributed by atoms with Crippen molar-refractivity contribution in [2.75, 3.05) is 40.5 Å². The molecule has 0 aliphatic rings. The molecule has 53 heavy (non-hydrogen) atoms. The molecule has 0 aromatic rings. The number of carbonyl (C=O) groups excluding carboxylic acids is 2. The molecule has 0 saturated carbocycles. The van der Waals surface area contributed by atoms with Crippen LogP contribution in [0.1, 0.15) is 181 Å². The summed E-state index contributed by atoms with van der Waals surface area (Å²) in [6, 6.07) is 0. The molecular weight excluding hydrogens is 689 g/mol. The molecule has 0 rings (SSSR count). The lowest BCUT2D eigenvalue weighted by Gasteiger charge is -2.20. The molecule has 2 atom stereocenters. The molecule has 0 aromatic carbocycles. The molecule has 0 fully saturated rings. The highest BCUT2D eigenvalue weighted by molar-refractivity contribution is 7.47. The molecule has 0 radical (unpaired) electrons. The molecule has 0 saturated heterocycles. The normalized spacial score (nSPS) is 13.8. The number of unbranched alkanes of at least 4 members (excludes halogenated alkanes) is 19. The summed E-state index contributed by atoms with van der Waals surface area (Å²) in [5, 5.41) is 0. The number of hydrogen-bond acceptors (Lipinski definition) is 8. The minimum Gasteiger partial charge on any atom is -0.462 e. The van der Waals surface area contributed by atoms with E-state index < -0.39 is 26.5 Å². The highest BCUT2D eigenvalue weighted by Gasteiger charge is 2.26. The Kier molecular flexibility index (Phi) is 37.2. The van der Waals surface area contributed by atoms with Gasteiger partial charge in [0.25, 0.3) is 0 Å². The van der Waals surface area contributed by atoms with Crippen molar-refractivity contribution in [1.29, 1.82) is 0 Å². The number of carbonyl (C=O) groups is 2. The standard InChI is InChI=1S/C43H80NO8P/c1-5-7-9-11-13-15-17-19-21-23-25-27-29-31-33-35-42(45)49-39-41(40-51-53(47,48)50-38-37-44(3)4)52-43(46)36-34-32-30-28-26-24-22-20-18-16-14-12-10-8-6-2/h14,16,19-22,41H,5-13,15,17-18,23-40H2,1-4H3,(H,47,48)/b16-14-,21-19-,22-20-. The molecule has 0 aromatic heterocycles. The lowest BCUT2D eigenvalue weighted by molar-refractivity contribution is -0.161. The van der Waals surface area contributed by atoms with Crippen molar-refractivity contribution < 1.29 is 37.6 Å².